The average Bonchev–Trinajstić information content (AvgIpc) is 2.89. The molecule has 0 aromatic heterocycles. The van der Waals surface area contributed by atoms with Crippen LogP contribution in [0.15, 0.2) is 108 Å². The molecule has 4 aromatic rings. The number of ether oxygens (including phenoxy) is 1. The second-order valence-corrected chi connectivity index (χ2v) is 8.14. The zero-order chi connectivity index (χ0) is 24.5. The molecule has 35 heavy (non-hydrogen) atoms. The van der Waals surface area contributed by atoms with Crippen molar-refractivity contribution in [2.45, 2.75) is 5.92 Å². The van der Waals surface area contributed by atoms with Crippen LogP contribution in [0.3, 0.4) is 0 Å². The molecular formula is C29H20N2O4. The molecule has 0 saturated heterocycles. The maximum Gasteiger partial charge on any atom is 0.205 e. The molecule has 4 N–H and O–H groups in total. The van der Waals surface area contributed by atoms with Gasteiger partial charge in [-0.1, -0.05) is 72.8 Å². The highest BCUT2D eigenvalue weighted by Gasteiger charge is 2.38. The van der Waals surface area contributed by atoms with Gasteiger partial charge in [0.25, 0.3) is 0 Å². The van der Waals surface area contributed by atoms with E-state index < -0.39 is 11.7 Å². The van der Waals surface area contributed by atoms with Crippen LogP contribution < -0.4 is 5.73 Å². The highest BCUT2D eigenvalue weighted by Crippen LogP contribution is 2.45. The summed E-state index contributed by atoms with van der Waals surface area (Å²) >= 11 is 0. The number of allylic oxidation sites excluding steroid dienone is 2. The Kier molecular flexibility index (Phi) is 5.44. The van der Waals surface area contributed by atoms with E-state index in [1.165, 1.54) is 12.1 Å². The number of rotatable bonds is 4. The summed E-state index contributed by atoms with van der Waals surface area (Å²) < 4.78 is 5.90. The third kappa shape index (κ3) is 3.75. The molecule has 6 nitrogen and oxygen atoms in total. The van der Waals surface area contributed by atoms with E-state index in [9.17, 15) is 20.3 Å². The Morgan fingerprint density at radius 3 is 2.29 bits per heavy atom. The van der Waals surface area contributed by atoms with Gasteiger partial charge in [0.1, 0.15) is 28.9 Å². The van der Waals surface area contributed by atoms with Gasteiger partial charge in [0.2, 0.25) is 5.88 Å². The first kappa shape index (κ1) is 21.8. The zero-order valence-electron chi connectivity index (χ0n) is 18.5. The molecule has 0 aliphatic carbocycles. The quantitative estimate of drug-likeness (QED) is 0.353. The second kappa shape index (κ2) is 8.73. The smallest absolute Gasteiger partial charge is 0.205 e. The summed E-state index contributed by atoms with van der Waals surface area (Å²) in [4.78, 5) is 14.1. The van der Waals surface area contributed by atoms with Crippen molar-refractivity contribution < 1.29 is 19.7 Å². The molecule has 0 radical (unpaired) electrons. The SMILES string of the molecule is N#CC1=C(N)OC(c2ccccc2)=C(C(=O)c2ccc3ccccc3c2O)C1c1ccc(O)cc1. The van der Waals surface area contributed by atoms with Crippen LogP contribution in [0.5, 0.6) is 11.5 Å². The molecule has 170 valence electrons. The summed E-state index contributed by atoms with van der Waals surface area (Å²) in [7, 11) is 0. The molecule has 0 amide bonds. The van der Waals surface area contributed by atoms with Gasteiger partial charge in [-0.3, -0.25) is 4.79 Å². The van der Waals surface area contributed by atoms with Crippen molar-refractivity contribution in [2.75, 3.05) is 0 Å². The van der Waals surface area contributed by atoms with Crippen molar-refractivity contribution >= 4 is 22.3 Å². The zero-order valence-corrected chi connectivity index (χ0v) is 18.5. The van der Waals surface area contributed by atoms with Crippen molar-refractivity contribution in [1.82, 2.24) is 0 Å². The number of nitrogens with two attached hydrogens (primary N) is 1. The normalized spacial score (nSPS) is 15.6. The minimum absolute atomic E-state index is 0.0450. The van der Waals surface area contributed by atoms with Gasteiger partial charge in [-0.15, -0.1) is 0 Å². The lowest BCUT2D eigenvalue weighted by molar-refractivity contribution is 0.102. The maximum atomic E-state index is 14.1. The number of hydrogen-bond acceptors (Lipinski definition) is 6. The standard InChI is InChI=1S/C29H20N2O4/c30-16-23-24(18-10-13-20(32)14-11-18)25(28(35-29(23)31)19-7-2-1-3-8-19)27(34)22-15-12-17-6-4-5-9-21(17)26(22)33/h1-15,24,32-33H,31H2. The minimum atomic E-state index is -0.872. The number of nitrogens with zero attached hydrogens (tertiary/aromatic N) is 1. The van der Waals surface area contributed by atoms with Gasteiger partial charge in [0.15, 0.2) is 5.78 Å². The number of carbonyl (C=O) groups is 1. The van der Waals surface area contributed by atoms with Crippen molar-refractivity contribution in [3.63, 3.8) is 0 Å². The predicted octanol–water partition coefficient (Wildman–Crippen LogP) is 5.35. The Labute approximate surface area is 201 Å². The van der Waals surface area contributed by atoms with Crippen LogP contribution in [-0.2, 0) is 4.74 Å². The molecule has 1 unspecified atom stereocenters. The lowest BCUT2D eigenvalue weighted by Crippen LogP contribution is -2.25. The summed E-state index contributed by atoms with van der Waals surface area (Å²) in [6, 6.07) is 27.9. The molecular weight excluding hydrogens is 440 g/mol. The number of hydrogen-bond donors (Lipinski definition) is 3. The number of fused-ring (bicyclic) bond motifs is 1. The Bertz CT molecular complexity index is 1560. The molecule has 6 heteroatoms. The molecule has 1 heterocycles. The molecule has 5 rings (SSSR count). The number of Topliss-reactive ketones (excluding diaryl/α,β-unsaturated/α-hetero) is 1. The molecule has 0 bridgehead atoms. The van der Waals surface area contributed by atoms with Gasteiger partial charge in [-0.05, 0) is 29.1 Å². The van der Waals surface area contributed by atoms with Gasteiger partial charge in [-0.25, -0.2) is 0 Å². The molecule has 1 aliphatic rings. The van der Waals surface area contributed by atoms with Crippen molar-refractivity contribution in [3.8, 4) is 17.6 Å². The molecule has 1 atom stereocenters. The second-order valence-electron chi connectivity index (χ2n) is 8.14. The fraction of sp³-hybridized carbons (Fsp3) is 0.0345. The Hall–Kier alpha value is -5.02. The van der Waals surface area contributed by atoms with E-state index in [1.807, 2.05) is 18.2 Å². The summed E-state index contributed by atoms with van der Waals surface area (Å²) in [5, 5.41) is 32.2. The number of phenolic OH excluding ortho intramolecular Hbond substituents is 2. The van der Waals surface area contributed by atoms with E-state index in [2.05, 4.69) is 6.07 Å². The van der Waals surface area contributed by atoms with Crippen molar-refractivity contribution in [1.29, 1.82) is 5.26 Å². The number of aromatic hydroxyl groups is 2. The van der Waals surface area contributed by atoms with Gasteiger partial charge >= 0.3 is 0 Å². The molecule has 4 aromatic carbocycles. The fourth-order valence-corrected chi connectivity index (χ4v) is 4.38. The summed E-state index contributed by atoms with van der Waals surface area (Å²) in [6.07, 6.45) is 0. The summed E-state index contributed by atoms with van der Waals surface area (Å²) in [5.74, 6) is -1.38. The molecule has 0 spiro atoms. The van der Waals surface area contributed by atoms with Crippen LogP contribution in [0.1, 0.15) is 27.4 Å². The van der Waals surface area contributed by atoms with Gasteiger partial charge < -0.3 is 20.7 Å². The Morgan fingerprint density at radius 1 is 0.886 bits per heavy atom. The van der Waals surface area contributed by atoms with Gasteiger partial charge in [0, 0.05) is 10.9 Å². The number of ketones is 1. The first-order valence-electron chi connectivity index (χ1n) is 10.9. The molecule has 0 fully saturated rings. The first-order chi connectivity index (χ1) is 17.0. The summed E-state index contributed by atoms with van der Waals surface area (Å²) in [5.41, 5.74) is 7.65. The van der Waals surface area contributed by atoms with E-state index in [1.54, 1.807) is 60.7 Å². The Balaban J connectivity index is 1.79. The van der Waals surface area contributed by atoms with E-state index in [-0.39, 0.29) is 39.9 Å². The van der Waals surface area contributed by atoms with Gasteiger partial charge in [0.05, 0.1) is 17.1 Å². The van der Waals surface area contributed by atoms with E-state index in [0.29, 0.717) is 16.5 Å². The largest absolute Gasteiger partial charge is 0.508 e. The predicted molar refractivity (Wildman–Crippen MR) is 132 cm³/mol. The summed E-state index contributed by atoms with van der Waals surface area (Å²) in [6.45, 7) is 0. The maximum absolute atomic E-state index is 14.1. The highest BCUT2D eigenvalue weighted by molar-refractivity contribution is 6.17. The average molecular weight is 460 g/mol. The third-order valence-electron chi connectivity index (χ3n) is 6.07. The molecule has 0 saturated carbocycles. The van der Waals surface area contributed by atoms with E-state index in [4.69, 9.17) is 10.5 Å². The topological polar surface area (TPSA) is 117 Å². The van der Waals surface area contributed by atoms with Gasteiger partial charge in [-0.2, -0.15) is 5.26 Å². The number of benzene rings is 4. The fourth-order valence-electron chi connectivity index (χ4n) is 4.38. The first-order valence-corrected chi connectivity index (χ1v) is 10.9. The third-order valence-corrected chi connectivity index (χ3v) is 6.07. The van der Waals surface area contributed by atoms with Crippen LogP contribution in [0.2, 0.25) is 0 Å². The molecule has 1 aliphatic heterocycles. The van der Waals surface area contributed by atoms with E-state index >= 15 is 0 Å². The van der Waals surface area contributed by atoms with Crippen LogP contribution in [0.4, 0.5) is 0 Å². The Morgan fingerprint density at radius 2 is 1.57 bits per heavy atom. The van der Waals surface area contributed by atoms with Crippen LogP contribution in [-0.4, -0.2) is 16.0 Å². The van der Waals surface area contributed by atoms with Crippen LogP contribution in [0, 0.1) is 11.3 Å². The lowest BCUT2D eigenvalue weighted by Gasteiger charge is -2.29. The van der Waals surface area contributed by atoms with E-state index in [0.717, 1.165) is 5.39 Å². The number of nitriles is 1. The number of carbonyl (C=O) groups excluding carboxylic acids is 1. The monoisotopic (exact) mass is 460 g/mol. The van der Waals surface area contributed by atoms with Crippen LogP contribution in [0.25, 0.3) is 16.5 Å². The van der Waals surface area contributed by atoms with Crippen molar-refractivity contribution in [2.24, 2.45) is 5.73 Å². The highest BCUT2D eigenvalue weighted by atomic mass is 16.5. The lowest BCUT2D eigenvalue weighted by atomic mass is 9.78. The number of phenols is 2. The van der Waals surface area contributed by atoms with Crippen LogP contribution >= 0.6 is 0 Å². The minimum Gasteiger partial charge on any atom is -0.508 e. The van der Waals surface area contributed by atoms with Crippen molar-refractivity contribution in [3.05, 3.63) is 125 Å².